The molecule has 2 N–H and O–H groups in total. The van der Waals surface area contributed by atoms with Gasteiger partial charge in [0.25, 0.3) is 0 Å². The van der Waals surface area contributed by atoms with Crippen LogP contribution in [0.15, 0.2) is 18.2 Å². The van der Waals surface area contributed by atoms with Gasteiger partial charge < -0.3 is 19.6 Å². The minimum absolute atomic E-state index is 0.108. The van der Waals surface area contributed by atoms with Crippen molar-refractivity contribution in [1.82, 2.24) is 4.98 Å². The summed E-state index contributed by atoms with van der Waals surface area (Å²) in [6.07, 6.45) is -1.14. The Bertz CT molecular complexity index is 886. The van der Waals surface area contributed by atoms with Gasteiger partial charge in [-0.25, -0.2) is 9.59 Å². The lowest BCUT2D eigenvalue weighted by Crippen LogP contribution is -2.25. The van der Waals surface area contributed by atoms with Gasteiger partial charge in [-0.2, -0.15) is 0 Å². The van der Waals surface area contributed by atoms with Crippen molar-refractivity contribution in [2.45, 2.75) is 26.9 Å². The molecule has 0 aliphatic rings. The zero-order valence-corrected chi connectivity index (χ0v) is 15.4. The number of aromatic nitrogens is 1. The van der Waals surface area contributed by atoms with Gasteiger partial charge in [0.1, 0.15) is 11.3 Å². The van der Waals surface area contributed by atoms with Gasteiger partial charge in [-0.05, 0) is 44.5 Å². The summed E-state index contributed by atoms with van der Waals surface area (Å²) in [5, 5.41) is 10.0. The second kappa shape index (κ2) is 7.61. The maximum atomic E-state index is 12.6. The highest BCUT2D eigenvalue weighted by molar-refractivity contribution is 6.30. The molecule has 0 radical (unpaired) electrons. The molecule has 0 amide bonds. The Morgan fingerprint density at radius 2 is 1.85 bits per heavy atom. The standard InChI is InChI=1S/C18H18ClNO6/c1-8-14(18(24)25-4)9(2)20-15(8)16(22)10(3)26-17(23)12-6-5-11(19)7-13(12)21/h5-7,10,20-21H,1-4H3/t10-/m0/s1. The van der Waals surface area contributed by atoms with Crippen LogP contribution in [0.2, 0.25) is 5.02 Å². The molecule has 0 fully saturated rings. The molecule has 1 heterocycles. The first-order valence-corrected chi connectivity index (χ1v) is 8.06. The van der Waals surface area contributed by atoms with Crippen LogP contribution in [0.1, 0.15) is 49.4 Å². The average molecular weight is 380 g/mol. The summed E-state index contributed by atoms with van der Waals surface area (Å²) in [4.78, 5) is 39.4. The molecule has 0 aliphatic heterocycles. The number of Topliss-reactive ketones (excluding diaryl/α,β-unsaturated/α-hetero) is 1. The van der Waals surface area contributed by atoms with Gasteiger partial charge in [0, 0.05) is 10.7 Å². The van der Waals surface area contributed by atoms with Crippen LogP contribution in [-0.4, -0.2) is 41.0 Å². The fourth-order valence-corrected chi connectivity index (χ4v) is 2.73. The number of halogens is 1. The number of carbonyl (C=O) groups excluding carboxylic acids is 3. The smallest absolute Gasteiger partial charge is 0.342 e. The molecule has 26 heavy (non-hydrogen) atoms. The normalized spacial score (nSPS) is 11.7. The van der Waals surface area contributed by atoms with Crippen molar-refractivity contribution in [1.29, 1.82) is 0 Å². The van der Waals surface area contributed by atoms with Gasteiger partial charge in [-0.15, -0.1) is 0 Å². The van der Waals surface area contributed by atoms with Gasteiger partial charge in [-0.1, -0.05) is 11.6 Å². The van der Waals surface area contributed by atoms with Crippen molar-refractivity contribution < 1.29 is 29.0 Å². The van der Waals surface area contributed by atoms with E-state index in [9.17, 15) is 19.5 Å². The van der Waals surface area contributed by atoms with E-state index < -0.39 is 23.8 Å². The van der Waals surface area contributed by atoms with Crippen molar-refractivity contribution in [2.75, 3.05) is 7.11 Å². The highest BCUT2D eigenvalue weighted by atomic mass is 35.5. The Morgan fingerprint density at radius 1 is 1.19 bits per heavy atom. The van der Waals surface area contributed by atoms with Crippen LogP contribution in [0.5, 0.6) is 5.75 Å². The number of hydrogen-bond acceptors (Lipinski definition) is 6. The van der Waals surface area contributed by atoms with Crippen LogP contribution in [0.4, 0.5) is 0 Å². The molecule has 0 bridgehead atoms. The van der Waals surface area contributed by atoms with Gasteiger partial charge in [-0.3, -0.25) is 4.79 Å². The molecule has 1 aromatic carbocycles. The molecule has 2 rings (SSSR count). The number of hydrogen-bond donors (Lipinski definition) is 2. The number of phenols is 1. The summed E-state index contributed by atoms with van der Waals surface area (Å²) in [6, 6.07) is 3.92. The van der Waals surface area contributed by atoms with Gasteiger partial charge >= 0.3 is 11.9 Å². The quantitative estimate of drug-likeness (QED) is 0.610. The van der Waals surface area contributed by atoms with Crippen molar-refractivity contribution in [3.63, 3.8) is 0 Å². The second-order valence-corrected chi connectivity index (χ2v) is 6.13. The number of ketones is 1. The fourth-order valence-electron chi connectivity index (χ4n) is 2.56. The number of H-pyrrole nitrogens is 1. The summed E-state index contributed by atoms with van der Waals surface area (Å²) in [5.74, 6) is -2.29. The first-order valence-electron chi connectivity index (χ1n) is 7.68. The third-order valence-electron chi connectivity index (χ3n) is 3.91. The Morgan fingerprint density at radius 3 is 2.42 bits per heavy atom. The average Bonchev–Trinajstić information content (AvgIpc) is 2.87. The summed E-state index contributed by atoms with van der Waals surface area (Å²) in [6.45, 7) is 4.64. The highest BCUT2D eigenvalue weighted by Gasteiger charge is 2.28. The van der Waals surface area contributed by atoms with Crippen molar-refractivity contribution in [3.8, 4) is 5.75 Å². The molecular weight excluding hydrogens is 362 g/mol. The van der Waals surface area contributed by atoms with Gasteiger partial charge in [0.05, 0.1) is 18.4 Å². The SMILES string of the molecule is COC(=O)c1c(C)[nH]c(C(=O)[C@H](C)OC(=O)c2ccc(Cl)cc2O)c1C. The number of aryl methyl sites for hydroxylation is 1. The number of aromatic amines is 1. The van der Waals surface area contributed by atoms with Crippen LogP contribution in [-0.2, 0) is 9.47 Å². The highest BCUT2D eigenvalue weighted by Crippen LogP contribution is 2.24. The molecule has 0 saturated carbocycles. The van der Waals surface area contributed by atoms with Crippen LogP contribution in [0.25, 0.3) is 0 Å². The van der Waals surface area contributed by atoms with E-state index in [1.165, 1.54) is 32.2 Å². The zero-order chi connectivity index (χ0) is 19.6. The summed E-state index contributed by atoms with van der Waals surface area (Å²) >= 11 is 5.72. The van der Waals surface area contributed by atoms with E-state index in [1.807, 2.05) is 0 Å². The predicted octanol–water partition coefficient (Wildman–Crippen LogP) is 3.21. The van der Waals surface area contributed by atoms with Crippen molar-refractivity contribution in [3.05, 3.63) is 51.3 Å². The number of esters is 2. The lowest BCUT2D eigenvalue weighted by molar-refractivity contribution is 0.0314. The van der Waals surface area contributed by atoms with Crippen molar-refractivity contribution >= 4 is 29.3 Å². The van der Waals surface area contributed by atoms with E-state index in [0.717, 1.165) is 0 Å². The third-order valence-corrected chi connectivity index (χ3v) is 4.14. The molecule has 7 nitrogen and oxygen atoms in total. The Kier molecular flexibility index (Phi) is 5.72. The topological polar surface area (TPSA) is 106 Å². The Balaban J connectivity index is 2.22. The maximum absolute atomic E-state index is 12.6. The van der Waals surface area contributed by atoms with E-state index in [1.54, 1.807) is 13.8 Å². The van der Waals surface area contributed by atoms with E-state index in [2.05, 4.69) is 4.98 Å². The molecule has 0 unspecified atom stereocenters. The number of aromatic hydroxyl groups is 1. The Labute approximate surface area is 154 Å². The summed E-state index contributed by atoms with van der Waals surface area (Å²) in [7, 11) is 1.25. The zero-order valence-electron chi connectivity index (χ0n) is 14.7. The summed E-state index contributed by atoms with van der Waals surface area (Å²) < 4.78 is 9.84. The van der Waals surface area contributed by atoms with E-state index in [4.69, 9.17) is 21.1 Å². The van der Waals surface area contributed by atoms with E-state index in [0.29, 0.717) is 11.3 Å². The Hall–Kier alpha value is -2.80. The van der Waals surface area contributed by atoms with Crippen LogP contribution < -0.4 is 0 Å². The van der Waals surface area contributed by atoms with E-state index >= 15 is 0 Å². The molecule has 1 atom stereocenters. The first-order chi connectivity index (χ1) is 12.2. The third kappa shape index (κ3) is 3.72. The number of methoxy groups -OCH3 is 1. The number of phenolic OH excluding ortho intramolecular Hbond substituents is 1. The number of benzene rings is 1. The monoisotopic (exact) mass is 379 g/mol. The van der Waals surface area contributed by atoms with Crippen LogP contribution in [0.3, 0.4) is 0 Å². The number of carbonyl (C=O) groups is 3. The first kappa shape index (κ1) is 19.5. The molecule has 2 aromatic rings. The van der Waals surface area contributed by atoms with Gasteiger partial charge in [0.2, 0.25) is 5.78 Å². The molecule has 0 saturated heterocycles. The minimum atomic E-state index is -1.14. The maximum Gasteiger partial charge on any atom is 0.342 e. The lowest BCUT2D eigenvalue weighted by atomic mass is 10.1. The molecule has 1 aromatic heterocycles. The minimum Gasteiger partial charge on any atom is -0.507 e. The van der Waals surface area contributed by atoms with Gasteiger partial charge in [0.15, 0.2) is 6.10 Å². The largest absolute Gasteiger partial charge is 0.507 e. The molecule has 0 aliphatic carbocycles. The predicted molar refractivity (Wildman–Crippen MR) is 93.9 cm³/mol. The van der Waals surface area contributed by atoms with Crippen LogP contribution in [0, 0.1) is 13.8 Å². The number of ether oxygens (including phenoxy) is 2. The molecule has 138 valence electrons. The van der Waals surface area contributed by atoms with E-state index in [-0.39, 0.29) is 27.6 Å². The summed E-state index contributed by atoms with van der Waals surface area (Å²) in [5.41, 5.74) is 1.21. The number of nitrogens with one attached hydrogen (secondary N) is 1. The molecule has 0 spiro atoms. The molecule has 8 heteroatoms. The molecular formula is C18H18ClNO6. The van der Waals surface area contributed by atoms with Crippen LogP contribution >= 0.6 is 11.6 Å². The second-order valence-electron chi connectivity index (χ2n) is 5.69. The van der Waals surface area contributed by atoms with Crippen molar-refractivity contribution in [2.24, 2.45) is 0 Å². The lowest BCUT2D eigenvalue weighted by Gasteiger charge is -2.13. The fraction of sp³-hybridized carbons (Fsp3) is 0.278. The number of rotatable bonds is 5.